The van der Waals surface area contributed by atoms with E-state index in [1.54, 1.807) is 38.4 Å². The fourth-order valence-electron chi connectivity index (χ4n) is 0.724. The van der Waals surface area contributed by atoms with Gasteiger partial charge in [0.15, 0.2) is 5.60 Å². The molecular weight excluding hydrogens is 152 g/mol. The Morgan fingerprint density at radius 2 is 2.00 bits per heavy atom. The van der Waals surface area contributed by atoms with Crippen LogP contribution in [0.3, 0.4) is 0 Å². The lowest BCUT2D eigenvalue weighted by molar-refractivity contribution is 0.170. The van der Waals surface area contributed by atoms with E-state index in [0.717, 1.165) is 0 Å². The van der Waals surface area contributed by atoms with Crippen molar-refractivity contribution in [3.63, 3.8) is 0 Å². The molecule has 1 aromatic heterocycles. The number of aromatic nitrogens is 1. The highest BCUT2D eigenvalue weighted by atomic mass is 16.5. The molecule has 0 radical (unpaired) electrons. The second kappa shape index (κ2) is 3.22. The fourth-order valence-corrected chi connectivity index (χ4v) is 0.724. The van der Waals surface area contributed by atoms with Crippen LogP contribution < -0.4 is 4.74 Å². The summed E-state index contributed by atoms with van der Waals surface area (Å²) in [4.78, 5) is 3.84. The van der Waals surface area contributed by atoms with Gasteiger partial charge >= 0.3 is 0 Å². The van der Waals surface area contributed by atoms with E-state index in [0.29, 0.717) is 5.75 Å². The van der Waals surface area contributed by atoms with Gasteiger partial charge in [-0.05, 0) is 26.0 Å². The topological polar surface area (TPSA) is 45.9 Å². The predicted molar refractivity (Wildman–Crippen MR) is 44.6 cm³/mol. The monoisotopic (exact) mass is 162 g/mol. The summed E-state index contributed by atoms with van der Waals surface area (Å²) in [6.45, 7) is 3.43. The Balaban J connectivity index is 2.72. The van der Waals surface area contributed by atoms with Gasteiger partial charge in [-0.1, -0.05) is 0 Å². The van der Waals surface area contributed by atoms with E-state index in [1.165, 1.54) is 0 Å². The summed E-state index contributed by atoms with van der Waals surface area (Å²) in [5.74, 6) is 0.663. The van der Waals surface area contributed by atoms with Gasteiger partial charge in [0.2, 0.25) is 0 Å². The number of pyridine rings is 1. The van der Waals surface area contributed by atoms with Crippen LogP contribution in [0.1, 0.15) is 13.8 Å². The average molecular weight is 162 g/mol. The van der Waals surface area contributed by atoms with Gasteiger partial charge in [0.1, 0.15) is 11.8 Å². The minimum Gasteiger partial charge on any atom is -0.473 e. The number of hydrogen-bond acceptors (Lipinski definition) is 3. The zero-order valence-corrected chi connectivity index (χ0v) is 7.11. The molecule has 62 valence electrons. The van der Waals surface area contributed by atoms with Crippen LogP contribution in [0.2, 0.25) is 0 Å². The van der Waals surface area contributed by atoms with Crippen molar-refractivity contribution in [2.24, 2.45) is 0 Å². The van der Waals surface area contributed by atoms with Crippen LogP contribution in [0, 0.1) is 11.3 Å². The molecule has 1 heterocycles. The average Bonchev–Trinajstić information content (AvgIpc) is 2.06. The van der Waals surface area contributed by atoms with Gasteiger partial charge in [0.05, 0.1) is 0 Å². The highest BCUT2D eigenvalue weighted by Gasteiger charge is 2.17. The largest absolute Gasteiger partial charge is 0.473 e. The molecule has 12 heavy (non-hydrogen) atoms. The van der Waals surface area contributed by atoms with Crippen molar-refractivity contribution >= 4 is 0 Å². The molecule has 0 amide bonds. The normalized spacial score (nSPS) is 10.4. The van der Waals surface area contributed by atoms with Crippen molar-refractivity contribution in [1.29, 1.82) is 5.26 Å². The van der Waals surface area contributed by atoms with E-state index in [9.17, 15) is 0 Å². The van der Waals surface area contributed by atoms with Crippen LogP contribution in [0.25, 0.3) is 0 Å². The van der Waals surface area contributed by atoms with Crippen LogP contribution in [0.15, 0.2) is 24.5 Å². The van der Waals surface area contributed by atoms with Crippen LogP contribution in [-0.4, -0.2) is 10.6 Å². The van der Waals surface area contributed by atoms with E-state index < -0.39 is 5.60 Å². The molecule has 0 aliphatic rings. The van der Waals surface area contributed by atoms with Gasteiger partial charge in [-0.3, -0.25) is 4.98 Å². The quantitative estimate of drug-likeness (QED) is 0.665. The van der Waals surface area contributed by atoms with Gasteiger partial charge in [-0.2, -0.15) is 5.26 Å². The maximum absolute atomic E-state index is 8.66. The Labute approximate surface area is 71.6 Å². The van der Waals surface area contributed by atoms with E-state index in [1.807, 2.05) is 6.07 Å². The van der Waals surface area contributed by atoms with Crippen LogP contribution in [0.5, 0.6) is 5.75 Å². The Kier molecular flexibility index (Phi) is 2.29. The third-order valence-corrected chi connectivity index (χ3v) is 1.29. The fraction of sp³-hybridized carbons (Fsp3) is 0.333. The number of hydrogen-bond donors (Lipinski definition) is 0. The summed E-state index contributed by atoms with van der Waals surface area (Å²) < 4.78 is 5.35. The molecule has 1 aromatic rings. The van der Waals surface area contributed by atoms with Crippen molar-refractivity contribution in [3.8, 4) is 11.8 Å². The molecule has 0 saturated carbocycles. The van der Waals surface area contributed by atoms with Crippen LogP contribution in [0.4, 0.5) is 0 Å². The molecule has 0 aromatic carbocycles. The van der Waals surface area contributed by atoms with Gasteiger partial charge < -0.3 is 4.74 Å². The van der Waals surface area contributed by atoms with Crippen molar-refractivity contribution in [2.45, 2.75) is 19.4 Å². The summed E-state index contributed by atoms with van der Waals surface area (Å²) in [6.07, 6.45) is 3.26. The second-order valence-corrected chi connectivity index (χ2v) is 2.91. The molecule has 0 unspecified atom stereocenters. The first-order valence-corrected chi connectivity index (χ1v) is 3.64. The number of rotatable bonds is 2. The summed E-state index contributed by atoms with van der Waals surface area (Å²) in [7, 11) is 0. The molecule has 0 N–H and O–H groups in total. The summed E-state index contributed by atoms with van der Waals surface area (Å²) in [5, 5.41) is 8.66. The van der Waals surface area contributed by atoms with Crippen molar-refractivity contribution in [1.82, 2.24) is 4.98 Å². The Morgan fingerprint density at radius 3 is 2.50 bits per heavy atom. The van der Waals surface area contributed by atoms with Gasteiger partial charge in [-0.15, -0.1) is 0 Å². The first-order chi connectivity index (χ1) is 5.64. The zero-order valence-electron chi connectivity index (χ0n) is 7.11. The first kappa shape index (κ1) is 8.54. The van der Waals surface area contributed by atoms with Gasteiger partial charge in [0, 0.05) is 12.4 Å². The third kappa shape index (κ3) is 2.24. The highest BCUT2D eigenvalue weighted by Crippen LogP contribution is 2.15. The minimum absolute atomic E-state index is 0.663. The smallest absolute Gasteiger partial charge is 0.188 e. The van der Waals surface area contributed by atoms with E-state index in [-0.39, 0.29) is 0 Å². The molecule has 0 fully saturated rings. The SMILES string of the molecule is CC(C)(C#N)Oc1ccncc1. The van der Waals surface area contributed by atoms with Crippen molar-refractivity contribution < 1.29 is 4.74 Å². The van der Waals surface area contributed by atoms with Crippen LogP contribution >= 0.6 is 0 Å². The molecule has 0 saturated heterocycles. The lowest BCUT2D eigenvalue weighted by atomic mass is 10.2. The Bertz CT molecular complexity index is 287. The lowest BCUT2D eigenvalue weighted by Crippen LogP contribution is -2.25. The number of ether oxygens (including phenoxy) is 1. The molecule has 0 aliphatic heterocycles. The molecular formula is C9H10N2O. The van der Waals surface area contributed by atoms with Crippen molar-refractivity contribution in [3.05, 3.63) is 24.5 Å². The van der Waals surface area contributed by atoms with Gasteiger partial charge in [-0.25, -0.2) is 0 Å². The third-order valence-electron chi connectivity index (χ3n) is 1.29. The predicted octanol–water partition coefficient (Wildman–Crippen LogP) is 1.76. The molecule has 1 rings (SSSR count). The first-order valence-electron chi connectivity index (χ1n) is 3.64. The second-order valence-electron chi connectivity index (χ2n) is 2.91. The number of nitriles is 1. The molecule has 0 bridgehead atoms. The zero-order chi connectivity index (χ0) is 9.03. The molecule has 3 heteroatoms. The Morgan fingerprint density at radius 1 is 1.42 bits per heavy atom. The highest BCUT2D eigenvalue weighted by molar-refractivity contribution is 5.19. The maximum Gasteiger partial charge on any atom is 0.188 e. The van der Waals surface area contributed by atoms with Gasteiger partial charge in [0.25, 0.3) is 0 Å². The maximum atomic E-state index is 8.66. The summed E-state index contributed by atoms with van der Waals surface area (Å²) >= 11 is 0. The summed E-state index contributed by atoms with van der Waals surface area (Å²) in [5.41, 5.74) is -0.776. The van der Waals surface area contributed by atoms with E-state index in [4.69, 9.17) is 10.00 Å². The molecule has 0 atom stereocenters. The summed E-state index contributed by atoms with van der Waals surface area (Å²) in [6, 6.07) is 5.49. The minimum atomic E-state index is -0.776. The molecule has 0 aliphatic carbocycles. The van der Waals surface area contributed by atoms with E-state index in [2.05, 4.69) is 4.98 Å². The van der Waals surface area contributed by atoms with Crippen LogP contribution in [-0.2, 0) is 0 Å². The number of nitrogens with zero attached hydrogens (tertiary/aromatic N) is 2. The molecule has 3 nitrogen and oxygen atoms in total. The Hall–Kier alpha value is -1.56. The lowest BCUT2D eigenvalue weighted by Gasteiger charge is -2.17. The standard InChI is InChI=1S/C9H10N2O/c1-9(2,7-10)12-8-3-5-11-6-4-8/h3-6H,1-2H3. The van der Waals surface area contributed by atoms with E-state index >= 15 is 0 Å². The molecule has 0 spiro atoms. The van der Waals surface area contributed by atoms with Crippen molar-refractivity contribution in [2.75, 3.05) is 0 Å².